The first-order chi connectivity index (χ1) is 27.8. The lowest BCUT2D eigenvalue weighted by Gasteiger charge is -2.54. The summed E-state index contributed by atoms with van der Waals surface area (Å²) in [7, 11) is 0. The summed E-state index contributed by atoms with van der Waals surface area (Å²) in [6.45, 7) is 8.20. The molecule has 3 amide bonds. The second kappa shape index (κ2) is 14.5. The predicted molar refractivity (Wildman–Crippen MR) is 217 cm³/mol. The lowest BCUT2D eigenvalue weighted by Crippen LogP contribution is -2.53. The van der Waals surface area contributed by atoms with Crippen LogP contribution in [-0.2, 0) is 16.1 Å². The second-order valence-electron chi connectivity index (χ2n) is 17.3. The number of amides is 3. The van der Waals surface area contributed by atoms with Crippen molar-refractivity contribution < 1.29 is 24.2 Å². The number of ether oxygens (including phenoxy) is 1. The molecule has 3 aromatic carbocycles. The lowest BCUT2D eigenvalue weighted by atomic mass is 9.57. The molecular weight excluding hydrogens is 717 g/mol. The molecule has 4 fully saturated rings. The first kappa shape index (κ1) is 36.0. The van der Waals surface area contributed by atoms with Gasteiger partial charge in [-0.25, -0.2) is 4.98 Å². The number of aromatic nitrogens is 1. The average Bonchev–Trinajstić information content (AvgIpc) is 3.55. The van der Waals surface area contributed by atoms with Crippen LogP contribution in [0.4, 0.5) is 11.5 Å². The van der Waals surface area contributed by atoms with Gasteiger partial charge >= 0.3 is 0 Å². The Morgan fingerprint density at radius 3 is 2.40 bits per heavy atom. The Bertz CT molecular complexity index is 2170. The van der Waals surface area contributed by atoms with Crippen LogP contribution in [0.1, 0.15) is 83.0 Å². The van der Waals surface area contributed by atoms with Gasteiger partial charge in [-0.3, -0.25) is 24.6 Å². The predicted octanol–water partition coefficient (Wildman–Crippen LogP) is 5.68. The molecule has 1 spiro atoms. The Labute approximate surface area is 333 Å². The first-order valence-corrected chi connectivity index (χ1v) is 20.8. The molecule has 1 saturated carbocycles. The highest BCUT2D eigenvalue weighted by Gasteiger charge is 2.46. The number of nitrogens with zero attached hydrogens (tertiary/aromatic N) is 5. The van der Waals surface area contributed by atoms with Gasteiger partial charge in [-0.1, -0.05) is 42.5 Å². The van der Waals surface area contributed by atoms with Gasteiger partial charge < -0.3 is 24.5 Å². The van der Waals surface area contributed by atoms with Crippen LogP contribution in [-0.4, -0.2) is 96.1 Å². The lowest BCUT2D eigenvalue weighted by molar-refractivity contribution is -0.136. The SMILES string of the molecule is O=C1CCC(N2Cc3cc(N4CCN(CC5CC6(CCN(c7ccc([C@@H]8c9ccc(O)cc9OC[C@@H]8c8ccccc8)cn7)CC6)C5)CC4)ccc3C2=O)C(=O)N1. The number of imide groups is 1. The zero-order chi connectivity index (χ0) is 38.7. The summed E-state index contributed by atoms with van der Waals surface area (Å²) in [6, 6.07) is 26.0. The van der Waals surface area contributed by atoms with E-state index in [2.05, 4.69) is 68.7 Å². The Morgan fingerprint density at radius 2 is 1.65 bits per heavy atom. The van der Waals surface area contributed by atoms with Gasteiger partial charge in [-0.15, -0.1) is 0 Å². The summed E-state index contributed by atoms with van der Waals surface area (Å²) in [4.78, 5) is 51.4. The highest BCUT2D eigenvalue weighted by molar-refractivity contribution is 6.05. The molecule has 1 unspecified atom stereocenters. The number of hydrogen-bond acceptors (Lipinski definition) is 9. The molecule has 0 radical (unpaired) electrons. The molecule has 3 saturated heterocycles. The summed E-state index contributed by atoms with van der Waals surface area (Å²) in [6.07, 6.45) is 7.77. The van der Waals surface area contributed by atoms with E-state index in [0.717, 1.165) is 73.6 Å². The molecule has 2 N–H and O–H groups in total. The number of carbonyl (C=O) groups excluding carboxylic acids is 3. The summed E-state index contributed by atoms with van der Waals surface area (Å²) in [5.41, 5.74) is 6.72. The average molecular weight is 767 g/mol. The van der Waals surface area contributed by atoms with Crippen LogP contribution in [0, 0.1) is 11.3 Å². The van der Waals surface area contributed by atoms with Crippen molar-refractivity contribution >= 4 is 29.2 Å². The van der Waals surface area contributed by atoms with Gasteiger partial charge in [0.2, 0.25) is 11.8 Å². The van der Waals surface area contributed by atoms with Crippen molar-refractivity contribution in [3.05, 3.63) is 113 Å². The van der Waals surface area contributed by atoms with Crippen LogP contribution < -0.4 is 19.9 Å². The zero-order valence-corrected chi connectivity index (χ0v) is 32.3. The van der Waals surface area contributed by atoms with E-state index in [9.17, 15) is 19.5 Å². The fourth-order valence-electron chi connectivity index (χ4n) is 10.8. The fourth-order valence-corrected chi connectivity index (χ4v) is 10.8. The van der Waals surface area contributed by atoms with E-state index in [0.29, 0.717) is 30.6 Å². The minimum absolute atomic E-state index is 0.0868. The standard InChI is InChI=1S/C46H50N6O5/c53-35-8-10-37-40(23-35)57-29-38(31-4-2-1-3-5-31)43(37)32-6-12-41(47-26-32)51-16-14-46(15-17-51)24-30(25-46)27-49-18-20-50(21-19-49)34-7-9-36-33(22-34)28-52(45(36)56)39-11-13-42(54)48-44(39)55/h1-10,12,22-23,26,30,38-39,43,53H,11,13-21,24-25,27-29H2,(H,48,54,55)/t38-,39?,43-/m1/s1. The number of aromatic hydroxyl groups is 1. The number of phenols is 1. The van der Waals surface area contributed by atoms with Crippen LogP contribution in [0.15, 0.2) is 85.1 Å². The highest BCUT2D eigenvalue weighted by atomic mass is 16.5. The topological polar surface area (TPSA) is 119 Å². The van der Waals surface area contributed by atoms with Crippen molar-refractivity contribution in [2.45, 2.75) is 62.9 Å². The maximum absolute atomic E-state index is 13.2. The molecule has 11 heteroatoms. The molecule has 294 valence electrons. The van der Waals surface area contributed by atoms with Crippen LogP contribution in [0.2, 0.25) is 0 Å². The molecule has 3 atom stereocenters. The number of fused-ring (bicyclic) bond motifs is 2. The Balaban J connectivity index is 0.706. The smallest absolute Gasteiger partial charge is 0.255 e. The van der Waals surface area contributed by atoms with Gasteiger partial charge in [0.25, 0.3) is 5.91 Å². The third kappa shape index (κ3) is 6.79. The van der Waals surface area contributed by atoms with E-state index in [4.69, 9.17) is 9.72 Å². The van der Waals surface area contributed by atoms with Crippen molar-refractivity contribution in [3.8, 4) is 11.5 Å². The summed E-state index contributed by atoms with van der Waals surface area (Å²) >= 11 is 0. The number of phenolic OH excluding ortho intramolecular Hbond substituents is 1. The van der Waals surface area contributed by atoms with Gasteiger partial charge in [0.05, 0.1) is 6.61 Å². The third-order valence-corrected chi connectivity index (χ3v) is 13.9. The number of anilines is 2. The van der Waals surface area contributed by atoms with Crippen LogP contribution in [0.5, 0.6) is 11.5 Å². The van der Waals surface area contributed by atoms with Gasteiger partial charge in [-0.2, -0.15) is 0 Å². The van der Waals surface area contributed by atoms with Crippen LogP contribution in [0.25, 0.3) is 0 Å². The quantitative estimate of drug-likeness (QED) is 0.230. The molecular formula is C46H50N6O5. The normalized spacial score (nSPS) is 24.8. The Morgan fingerprint density at radius 1 is 0.842 bits per heavy atom. The summed E-state index contributed by atoms with van der Waals surface area (Å²) < 4.78 is 6.17. The van der Waals surface area contributed by atoms with E-state index in [1.807, 2.05) is 24.3 Å². The molecule has 1 aliphatic carbocycles. The number of piperidine rings is 2. The van der Waals surface area contributed by atoms with E-state index < -0.39 is 6.04 Å². The number of nitrogens with one attached hydrogen (secondary N) is 1. The van der Waals surface area contributed by atoms with E-state index in [1.54, 1.807) is 17.0 Å². The van der Waals surface area contributed by atoms with Gasteiger partial charge in [0, 0.05) is 99.7 Å². The monoisotopic (exact) mass is 766 g/mol. The minimum Gasteiger partial charge on any atom is -0.508 e. The number of hydrogen-bond donors (Lipinski definition) is 2. The van der Waals surface area contributed by atoms with Gasteiger partial charge in [-0.05, 0) is 90.5 Å². The number of pyridine rings is 1. The van der Waals surface area contributed by atoms with Crippen LogP contribution in [0.3, 0.4) is 0 Å². The van der Waals surface area contributed by atoms with Crippen molar-refractivity contribution in [1.29, 1.82) is 0 Å². The van der Waals surface area contributed by atoms with E-state index in [1.165, 1.54) is 43.4 Å². The number of carbonyl (C=O) groups is 3. The molecule has 0 bridgehead atoms. The number of rotatable bonds is 7. The molecule has 4 aromatic rings. The Kier molecular flexibility index (Phi) is 9.15. The molecule has 1 aromatic heterocycles. The number of piperazine rings is 1. The molecule has 57 heavy (non-hydrogen) atoms. The Hall–Kier alpha value is -5.42. The molecule has 10 rings (SSSR count). The molecule has 5 aliphatic heterocycles. The zero-order valence-electron chi connectivity index (χ0n) is 32.3. The van der Waals surface area contributed by atoms with E-state index >= 15 is 0 Å². The molecule has 6 heterocycles. The maximum atomic E-state index is 13.2. The van der Waals surface area contributed by atoms with Gasteiger partial charge in [0.15, 0.2) is 0 Å². The largest absolute Gasteiger partial charge is 0.508 e. The summed E-state index contributed by atoms with van der Waals surface area (Å²) in [5, 5.41) is 12.5. The minimum atomic E-state index is -0.586. The number of benzene rings is 3. The maximum Gasteiger partial charge on any atom is 0.255 e. The first-order valence-electron chi connectivity index (χ1n) is 20.8. The second-order valence-corrected chi connectivity index (χ2v) is 17.3. The third-order valence-electron chi connectivity index (χ3n) is 13.9. The molecule has 11 nitrogen and oxygen atoms in total. The van der Waals surface area contributed by atoms with Crippen LogP contribution >= 0.6 is 0 Å². The van der Waals surface area contributed by atoms with Crippen molar-refractivity contribution in [2.24, 2.45) is 11.3 Å². The van der Waals surface area contributed by atoms with Gasteiger partial charge in [0.1, 0.15) is 23.4 Å². The van der Waals surface area contributed by atoms with Crippen molar-refractivity contribution in [1.82, 2.24) is 20.1 Å². The fraction of sp³-hybridized carbons (Fsp3) is 0.435. The summed E-state index contributed by atoms with van der Waals surface area (Å²) in [5.74, 6) is 2.26. The highest BCUT2D eigenvalue weighted by Crippen LogP contribution is 2.53. The van der Waals surface area contributed by atoms with Crippen molar-refractivity contribution in [2.75, 3.05) is 62.2 Å². The van der Waals surface area contributed by atoms with Crippen molar-refractivity contribution in [3.63, 3.8) is 0 Å². The molecule has 6 aliphatic rings. The van der Waals surface area contributed by atoms with E-state index in [-0.39, 0.29) is 41.7 Å².